The lowest BCUT2D eigenvalue weighted by Crippen LogP contribution is -2.04. The molecule has 6 nitrogen and oxygen atoms in total. The van der Waals surface area contributed by atoms with Crippen LogP contribution in [0, 0.1) is 0 Å². The molecule has 0 radical (unpaired) electrons. The van der Waals surface area contributed by atoms with Gasteiger partial charge in [-0.05, 0) is 12.1 Å². The van der Waals surface area contributed by atoms with Crippen LogP contribution in [0.4, 0.5) is 0 Å². The minimum Gasteiger partial charge on any atom is -0.383 e. The van der Waals surface area contributed by atoms with Crippen LogP contribution in [0.5, 0.6) is 0 Å². The van der Waals surface area contributed by atoms with Gasteiger partial charge >= 0.3 is 0 Å². The van der Waals surface area contributed by atoms with Crippen LogP contribution in [0.15, 0.2) is 41.3 Å². The Morgan fingerprint density at radius 3 is 3.14 bits per heavy atom. The smallest absolute Gasteiger partial charge is 0.191 e. The van der Waals surface area contributed by atoms with Gasteiger partial charge in [-0.3, -0.25) is 4.98 Å². The van der Waals surface area contributed by atoms with Crippen molar-refractivity contribution in [2.75, 3.05) is 13.7 Å². The second-order valence-corrected chi connectivity index (χ2v) is 6.25. The van der Waals surface area contributed by atoms with Crippen LogP contribution in [0.2, 0.25) is 0 Å². The highest BCUT2D eigenvalue weighted by molar-refractivity contribution is 7.98. The molecule has 0 aliphatic heterocycles. The van der Waals surface area contributed by atoms with Gasteiger partial charge in [0, 0.05) is 31.0 Å². The van der Waals surface area contributed by atoms with Gasteiger partial charge in [0.1, 0.15) is 11.3 Å². The third-order valence-corrected chi connectivity index (χ3v) is 4.83. The maximum absolute atomic E-state index is 5.08. The zero-order valence-electron chi connectivity index (χ0n) is 12.0. The zero-order chi connectivity index (χ0) is 15.2. The fourth-order valence-corrected chi connectivity index (χ4v) is 3.55. The topological polar surface area (TPSA) is 65.7 Å². The van der Waals surface area contributed by atoms with E-state index in [9.17, 15) is 0 Å². The van der Waals surface area contributed by atoms with Crippen molar-refractivity contribution in [1.29, 1.82) is 0 Å². The van der Waals surface area contributed by atoms with Gasteiger partial charge in [0.2, 0.25) is 0 Å². The maximum atomic E-state index is 5.08. The Balaban J connectivity index is 1.63. The number of thioether (sulfide) groups is 1. The number of ether oxygens (including phenoxy) is 1. The molecule has 22 heavy (non-hydrogen) atoms. The van der Waals surface area contributed by atoms with Crippen molar-refractivity contribution in [3.63, 3.8) is 0 Å². The van der Waals surface area contributed by atoms with E-state index in [-0.39, 0.29) is 0 Å². The summed E-state index contributed by atoms with van der Waals surface area (Å²) >= 11 is 3.23. The number of methoxy groups -OCH3 is 1. The highest BCUT2D eigenvalue weighted by atomic mass is 32.2. The van der Waals surface area contributed by atoms with Gasteiger partial charge in [0.15, 0.2) is 5.16 Å². The van der Waals surface area contributed by atoms with Gasteiger partial charge in [-0.25, -0.2) is 4.98 Å². The Kier molecular flexibility index (Phi) is 5.15. The molecule has 0 bridgehead atoms. The molecule has 114 valence electrons. The molecule has 8 heteroatoms. The molecule has 0 aromatic carbocycles. The average Bonchev–Trinajstić information content (AvgIpc) is 3.21. The van der Waals surface area contributed by atoms with Crippen molar-refractivity contribution in [3.8, 4) is 10.7 Å². The van der Waals surface area contributed by atoms with E-state index >= 15 is 0 Å². The molecule has 3 aromatic rings. The second kappa shape index (κ2) is 7.48. The van der Waals surface area contributed by atoms with E-state index in [1.54, 1.807) is 42.7 Å². The molecule has 0 amide bonds. The first kappa shape index (κ1) is 15.1. The fourth-order valence-electron chi connectivity index (χ4n) is 1.82. The van der Waals surface area contributed by atoms with E-state index in [4.69, 9.17) is 4.74 Å². The Labute approximate surface area is 136 Å². The molecule has 0 unspecified atom stereocenters. The summed E-state index contributed by atoms with van der Waals surface area (Å²) in [7, 11) is 1.69. The van der Waals surface area contributed by atoms with Crippen LogP contribution in [0.25, 0.3) is 10.7 Å². The van der Waals surface area contributed by atoms with E-state index in [0.29, 0.717) is 6.61 Å². The van der Waals surface area contributed by atoms with Crippen LogP contribution in [-0.2, 0) is 17.0 Å². The number of nitrogens with zero attached hydrogens (tertiary/aromatic N) is 5. The lowest BCUT2D eigenvalue weighted by molar-refractivity contribution is 0.184. The molecule has 0 spiro atoms. The minimum absolute atomic E-state index is 0.645. The monoisotopic (exact) mass is 333 g/mol. The maximum Gasteiger partial charge on any atom is 0.191 e. The summed E-state index contributed by atoms with van der Waals surface area (Å²) in [6.07, 6.45) is 3.51. The summed E-state index contributed by atoms with van der Waals surface area (Å²) < 4.78 is 7.07. The summed E-state index contributed by atoms with van der Waals surface area (Å²) in [5, 5.41) is 12.0. The standard InChI is InChI=1S/C14H15N5OS2/c1-20-7-6-19-10-16-18-14(19)22-9-11-8-21-13(17-11)12-4-2-3-5-15-12/h2-5,8,10H,6-7,9H2,1H3. The quantitative estimate of drug-likeness (QED) is 0.619. The Morgan fingerprint density at radius 1 is 1.36 bits per heavy atom. The Bertz CT molecular complexity index is 713. The second-order valence-electron chi connectivity index (χ2n) is 4.45. The van der Waals surface area contributed by atoms with Gasteiger partial charge in [0.05, 0.1) is 18.0 Å². The molecule has 0 fully saturated rings. The van der Waals surface area contributed by atoms with Crippen molar-refractivity contribution in [3.05, 3.63) is 41.8 Å². The summed E-state index contributed by atoms with van der Waals surface area (Å²) in [4.78, 5) is 8.95. The molecule has 0 saturated heterocycles. The molecular weight excluding hydrogens is 318 g/mol. The number of hydrogen-bond donors (Lipinski definition) is 0. The first-order valence-corrected chi connectivity index (χ1v) is 8.58. The minimum atomic E-state index is 0.645. The molecule has 0 aliphatic carbocycles. The number of pyridine rings is 1. The number of thiazole rings is 1. The average molecular weight is 333 g/mol. The van der Waals surface area contributed by atoms with Crippen LogP contribution in [0.1, 0.15) is 5.69 Å². The first-order valence-electron chi connectivity index (χ1n) is 6.72. The summed E-state index contributed by atoms with van der Waals surface area (Å²) in [6.45, 7) is 1.40. The molecular formula is C14H15N5OS2. The largest absolute Gasteiger partial charge is 0.383 e. The molecule has 3 heterocycles. The summed E-state index contributed by atoms with van der Waals surface area (Å²) in [5.74, 6) is 0.759. The Morgan fingerprint density at radius 2 is 2.32 bits per heavy atom. The van der Waals surface area contributed by atoms with E-state index in [1.165, 1.54) is 0 Å². The van der Waals surface area contributed by atoms with Crippen LogP contribution in [0.3, 0.4) is 0 Å². The predicted molar refractivity (Wildman–Crippen MR) is 86.8 cm³/mol. The molecule has 0 N–H and O–H groups in total. The highest BCUT2D eigenvalue weighted by Gasteiger charge is 2.09. The fraction of sp³-hybridized carbons (Fsp3) is 0.286. The van der Waals surface area contributed by atoms with Crippen molar-refractivity contribution in [1.82, 2.24) is 24.7 Å². The van der Waals surface area contributed by atoms with Crippen molar-refractivity contribution >= 4 is 23.1 Å². The van der Waals surface area contributed by atoms with Crippen molar-refractivity contribution in [2.45, 2.75) is 17.5 Å². The summed E-state index contributed by atoms with van der Waals surface area (Å²) in [6, 6.07) is 5.84. The van der Waals surface area contributed by atoms with E-state index < -0.39 is 0 Å². The molecule has 0 aliphatic rings. The third-order valence-electron chi connectivity index (χ3n) is 2.90. The van der Waals surface area contributed by atoms with E-state index in [0.717, 1.165) is 33.8 Å². The van der Waals surface area contributed by atoms with Crippen molar-refractivity contribution in [2.24, 2.45) is 0 Å². The first-order chi connectivity index (χ1) is 10.9. The normalized spacial score (nSPS) is 11.0. The molecule has 0 saturated carbocycles. The Hall–Kier alpha value is -1.77. The molecule has 3 rings (SSSR count). The molecule has 0 atom stereocenters. The number of hydrogen-bond acceptors (Lipinski definition) is 7. The third kappa shape index (κ3) is 3.70. The van der Waals surface area contributed by atoms with Gasteiger partial charge < -0.3 is 9.30 Å². The highest BCUT2D eigenvalue weighted by Crippen LogP contribution is 2.26. The number of aromatic nitrogens is 5. The SMILES string of the molecule is COCCn1cnnc1SCc1csc(-c2ccccn2)n1. The zero-order valence-corrected chi connectivity index (χ0v) is 13.7. The van der Waals surface area contributed by atoms with Crippen LogP contribution in [-0.4, -0.2) is 38.4 Å². The lowest BCUT2D eigenvalue weighted by Gasteiger charge is -2.04. The van der Waals surface area contributed by atoms with Gasteiger partial charge in [0.25, 0.3) is 0 Å². The van der Waals surface area contributed by atoms with Gasteiger partial charge in [-0.2, -0.15) is 0 Å². The van der Waals surface area contributed by atoms with Crippen molar-refractivity contribution < 1.29 is 4.74 Å². The molecule has 3 aromatic heterocycles. The lowest BCUT2D eigenvalue weighted by atomic mass is 10.4. The van der Waals surface area contributed by atoms with Gasteiger partial charge in [-0.1, -0.05) is 17.8 Å². The van der Waals surface area contributed by atoms with Crippen LogP contribution < -0.4 is 0 Å². The van der Waals surface area contributed by atoms with Crippen LogP contribution >= 0.6 is 23.1 Å². The number of rotatable bonds is 7. The summed E-state index contributed by atoms with van der Waals surface area (Å²) in [5.41, 5.74) is 1.93. The van der Waals surface area contributed by atoms with E-state index in [1.807, 2.05) is 22.8 Å². The predicted octanol–water partition coefficient (Wildman–Crippen LogP) is 2.74. The van der Waals surface area contributed by atoms with E-state index in [2.05, 4.69) is 25.5 Å². The van der Waals surface area contributed by atoms with Gasteiger partial charge in [-0.15, -0.1) is 21.5 Å².